The molecule has 2 aromatic carbocycles. The van der Waals surface area contributed by atoms with Crippen molar-refractivity contribution < 1.29 is 17.6 Å². The first-order chi connectivity index (χ1) is 14.0. The highest BCUT2D eigenvalue weighted by Crippen LogP contribution is 2.22. The van der Waals surface area contributed by atoms with Crippen LogP contribution < -0.4 is 9.62 Å². The molecule has 1 heterocycles. The molecule has 3 rings (SSSR count). The Labute approximate surface area is 175 Å². The number of amides is 1. The molecule has 0 fully saturated rings. The number of anilines is 1. The molecule has 1 amide bonds. The van der Waals surface area contributed by atoms with Crippen LogP contribution in [0, 0.1) is 0 Å². The van der Waals surface area contributed by atoms with Gasteiger partial charge >= 0.3 is 0 Å². The Morgan fingerprint density at radius 2 is 1.86 bits per heavy atom. The number of benzene rings is 2. The van der Waals surface area contributed by atoms with Gasteiger partial charge in [0.25, 0.3) is 15.9 Å². The van der Waals surface area contributed by atoms with Crippen LogP contribution in [0.25, 0.3) is 0 Å². The van der Waals surface area contributed by atoms with Gasteiger partial charge in [-0.15, -0.1) is 0 Å². The van der Waals surface area contributed by atoms with E-state index in [9.17, 15) is 13.2 Å². The van der Waals surface area contributed by atoms with E-state index in [0.29, 0.717) is 17.8 Å². The number of nitrogens with one attached hydrogen (secondary N) is 1. The van der Waals surface area contributed by atoms with Crippen molar-refractivity contribution in [2.75, 3.05) is 23.7 Å². The number of thioether (sulfide) groups is 1. The van der Waals surface area contributed by atoms with Crippen molar-refractivity contribution in [3.63, 3.8) is 0 Å². The molecule has 152 valence electrons. The fraction of sp³-hybridized carbons (Fsp3) is 0.190. The van der Waals surface area contributed by atoms with Crippen LogP contribution in [0.2, 0.25) is 0 Å². The number of carbonyl (C=O) groups excluding carboxylic acids is 1. The lowest BCUT2D eigenvalue weighted by Gasteiger charge is -2.20. The Hall–Kier alpha value is -2.71. The zero-order chi connectivity index (χ0) is 20.7. The number of furan rings is 1. The van der Waals surface area contributed by atoms with E-state index in [1.54, 1.807) is 72.6 Å². The van der Waals surface area contributed by atoms with Gasteiger partial charge in [-0.1, -0.05) is 24.3 Å². The van der Waals surface area contributed by atoms with E-state index < -0.39 is 10.0 Å². The van der Waals surface area contributed by atoms with Crippen LogP contribution >= 0.6 is 11.8 Å². The van der Waals surface area contributed by atoms with Gasteiger partial charge in [0.15, 0.2) is 0 Å². The van der Waals surface area contributed by atoms with E-state index in [1.807, 2.05) is 12.1 Å². The number of carbonyl (C=O) groups is 1. The van der Waals surface area contributed by atoms with Gasteiger partial charge in [-0.05, 0) is 42.5 Å². The number of hydrogen-bond donors (Lipinski definition) is 1. The van der Waals surface area contributed by atoms with Crippen molar-refractivity contribution in [3.8, 4) is 0 Å². The first kappa shape index (κ1) is 21.0. The summed E-state index contributed by atoms with van der Waals surface area (Å²) in [7, 11) is -2.21. The van der Waals surface area contributed by atoms with Crippen molar-refractivity contribution in [2.45, 2.75) is 10.6 Å². The molecular formula is C21H22N2O4S2. The molecule has 0 saturated heterocycles. The third-order valence-corrected chi connectivity index (χ3v) is 7.01. The predicted molar refractivity (Wildman–Crippen MR) is 116 cm³/mol. The molecule has 0 saturated carbocycles. The minimum atomic E-state index is -3.69. The summed E-state index contributed by atoms with van der Waals surface area (Å²) in [6.45, 7) is 0.507. The summed E-state index contributed by atoms with van der Waals surface area (Å²) < 4.78 is 32.0. The van der Waals surface area contributed by atoms with Gasteiger partial charge in [0.05, 0.1) is 22.6 Å². The molecule has 0 aliphatic carbocycles. The number of hydrogen-bond acceptors (Lipinski definition) is 5. The summed E-state index contributed by atoms with van der Waals surface area (Å²) in [5.41, 5.74) is 0.836. The van der Waals surface area contributed by atoms with Crippen LogP contribution in [0.3, 0.4) is 0 Å². The van der Waals surface area contributed by atoms with Gasteiger partial charge in [-0.2, -0.15) is 11.8 Å². The Bertz CT molecular complexity index is 1040. The largest absolute Gasteiger partial charge is 0.468 e. The highest BCUT2D eigenvalue weighted by atomic mass is 32.2. The van der Waals surface area contributed by atoms with E-state index in [1.165, 1.54) is 11.4 Å². The summed E-state index contributed by atoms with van der Waals surface area (Å²) in [6.07, 6.45) is 1.64. The zero-order valence-corrected chi connectivity index (χ0v) is 17.6. The number of sulfonamides is 1. The summed E-state index contributed by atoms with van der Waals surface area (Å²) in [5.74, 6) is 2.15. The SMILES string of the molecule is CN(c1cccc(C(=O)NCCSCc2ccco2)c1)S(=O)(=O)c1ccccc1. The quantitative estimate of drug-likeness (QED) is 0.523. The summed E-state index contributed by atoms with van der Waals surface area (Å²) >= 11 is 1.66. The number of rotatable bonds is 9. The topological polar surface area (TPSA) is 79.6 Å². The minimum Gasteiger partial charge on any atom is -0.468 e. The molecule has 0 spiro atoms. The predicted octanol–water partition coefficient (Wildman–Crippen LogP) is 3.77. The van der Waals surface area contributed by atoms with Gasteiger partial charge in [0, 0.05) is 24.9 Å². The van der Waals surface area contributed by atoms with Crippen LogP contribution in [-0.2, 0) is 15.8 Å². The molecule has 0 radical (unpaired) electrons. The average molecular weight is 431 g/mol. The molecule has 0 unspecified atom stereocenters. The molecule has 0 atom stereocenters. The van der Waals surface area contributed by atoms with E-state index in [-0.39, 0.29) is 10.8 Å². The fourth-order valence-corrected chi connectivity index (χ4v) is 4.60. The number of nitrogens with zero attached hydrogens (tertiary/aromatic N) is 1. The van der Waals surface area contributed by atoms with Crippen LogP contribution in [0.4, 0.5) is 5.69 Å². The van der Waals surface area contributed by atoms with Crippen LogP contribution in [0.1, 0.15) is 16.1 Å². The van der Waals surface area contributed by atoms with Crippen LogP contribution in [0.5, 0.6) is 0 Å². The normalized spacial score (nSPS) is 11.2. The molecule has 8 heteroatoms. The van der Waals surface area contributed by atoms with E-state index in [4.69, 9.17) is 4.42 Å². The van der Waals surface area contributed by atoms with Crippen LogP contribution in [-0.4, -0.2) is 33.7 Å². The Morgan fingerprint density at radius 1 is 1.07 bits per heavy atom. The van der Waals surface area contributed by atoms with Gasteiger partial charge in [0.2, 0.25) is 0 Å². The first-order valence-electron chi connectivity index (χ1n) is 9.01. The standard InChI is InChI=1S/C21H22N2O4S2/c1-23(29(25,26)20-10-3-2-4-11-20)18-8-5-7-17(15-18)21(24)22-12-14-28-16-19-9-6-13-27-19/h2-11,13,15H,12,14,16H2,1H3,(H,22,24). The third-order valence-electron chi connectivity index (χ3n) is 4.23. The highest BCUT2D eigenvalue weighted by Gasteiger charge is 2.21. The van der Waals surface area contributed by atoms with E-state index in [0.717, 1.165) is 17.3 Å². The lowest BCUT2D eigenvalue weighted by Crippen LogP contribution is -2.28. The van der Waals surface area contributed by atoms with Gasteiger partial charge in [0.1, 0.15) is 5.76 Å². The molecular weight excluding hydrogens is 408 g/mol. The maximum Gasteiger partial charge on any atom is 0.264 e. The second kappa shape index (κ2) is 9.67. The molecule has 1 N–H and O–H groups in total. The lowest BCUT2D eigenvalue weighted by molar-refractivity contribution is 0.0956. The fourth-order valence-electron chi connectivity index (χ4n) is 2.64. The van der Waals surface area contributed by atoms with Crippen molar-refractivity contribution in [2.24, 2.45) is 0 Å². The summed E-state index contributed by atoms with van der Waals surface area (Å²) in [4.78, 5) is 12.6. The Balaban J connectivity index is 1.59. The molecule has 1 aromatic heterocycles. The maximum absolute atomic E-state index is 12.8. The summed E-state index contributed by atoms with van der Waals surface area (Å²) in [5, 5.41) is 2.86. The van der Waals surface area contributed by atoms with E-state index >= 15 is 0 Å². The highest BCUT2D eigenvalue weighted by molar-refractivity contribution is 7.98. The minimum absolute atomic E-state index is 0.200. The van der Waals surface area contributed by atoms with E-state index in [2.05, 4.69) is 5.32 Å². The van der Waals surface area contributed by atoms with Crippen LogP contribution in [0.15, 0.2) is 82.3 Å². The second-order valence-corrected chi connectivity index (χ2v) is 9.30. The molecule has 0 bridgehead atoms. The lowest BCUT2D eigenvalue weighted by atomic mass is 10.2. The second-order valence-electron chi connectivity index (χ2n) is 6.22. The third kappa shape index (κ3) is 5.42. The average Bonchev–Trinajstić information content (AvgIpc) is 3.27. The van der Waals surface area contributed by atoms with Crippen molar-refractivity contribution in [1.29, 1.82) is 0 Å². The molecule has 29 heavy (non-hydrogen) atoms. The van der Waals surface area contributed by atoms with Gasteiger partial charge < -0.3 is 9.73 Å². The van der Waals surface area contributed by atoms with Crippen molar-refractivity contribution in [1.82, 2.24) is 5.32 Å². The maximum atomic E-state index is 12.8. The Morgan fingerprint density at radius 3 is 2.59 bits per heavy atom. The molecule has 6 nitrogen and oxygen atoms in total. The Kier molecular flexibility index (Phi) is 7.00. The van der Waals surface area contributed by atoms with Gasteiger partial charge in [-0.3, -0.25) is 9.10 Å². The van der Waals surface area contributed by atoms with Crippen molar-refractivity contribution >= 4 is 33.4 Å². The van der Waals surface area contributed by atoms with Crippen molar-refractivity contribution in [3.05, 3.63) is 84.3 Å². The zero-order valence-electron chi connectivity index (χ0n) is 15.9. The first-order valence-corrected chi connectivity index (χ1v) is 11.6. The molecule has 3 aromatic rings. The molecule has 0 aliphatic heterocycles. The summed E-state index contributed by atoms with van der Waals surface area (Å²) in [6, 6.07) is 18.5. The van der Waals surface area contributed by atoms with Gasteiger partial charge in [-0.25, -0.2) is 8.42 Å². The molecule has 0 aliphatic rings. The monoisotopic (exact) mass is 430 g/mol. The smallest absolute Gasteiger partial charge is 0.264 e.